The summed E-state index contributed by atoms with van der Waals surface area (Å²) in [6.45, 7) is 2.13. The van der Waals surface area contributed by atoms with Gasteiger partial charge in [0.05, 0.1) is 6.26 Å². The molecule has 0 aliphatic heterocycles. The van der Waals surface area contributed by atoms with Gasteiger partial charge in [0.15, 0.2) is 0 Å². The average molecular weight is 136 g/mol. The van der Waals surface area contributed by atoms with Crippen molar-refractivity contribution in [1.29, 1.82) is 0 Å². The predicted molar refractivity (Wildman–Crippen MR) is 42.8 cm³/mol. The zero-order valence-corrected chi connectivity index (χ0v) is 6.17. The van der Waals surface area contributed by atoms with E-state index in [0.29, 0.717) is 0 Å². The number of allylic oxidation sites excluding steroid dienone is 5. The molecule has 0 bridgehead atoms. The minimum atomic E-state index is 0.960. The Morgan fingerprint density at radius 2 is 2.40 bits per heavy atom. The molecule has 0 saturated heterocycles. The fourth-order valence-electron chi connectivity index (χ4n) is 1.09. The van der Waals surface area contributed by atoms with Gasteiger partial charge in [-0.15, -0.1) is 0 Å². The number of aliphatic hydroxyl groups excluding tert-OH is 1. The van der Waals surface area contributed by atoms with E-state index in [0.717, 1.165) is 18.4 Å². The first-order valence-corrected chi connectivity index (χ1v) is 3.60. The SMILES string of the molecule is CCCC1=CC=C/C1=C\O. The average Bonchev–Trinajstić information content (AvgIpc) is 2.36. The lowest BCUT2D eigenvalue weighted by Crippen LogP contribution is -1.81. The molecule has 0 aromatic carbocycles. The summed E-state index contributed by atoms with van der Waals surface area (Å²) < 4.78 is 0. The molecule has 0 radical (unpaired) electrons. The van der Waals surface area contributed by atoms with Crippen LogP contribution in [-0.4, -0.2) is 5.11 Å². The fourth-order valence-corrected chi connectivity index (χ4v) is 1.09. The quantitative estimate of drug-likeness (QED) is 0.579. The van der Waals surface area contributed by atoms with E-state index >= 15 is 0 Å². The van der Waals surface area contributed by atoms with Gasteiger partial charge in [0.25, 0.3) is 0 Å². The Morgan fingerprint density at radius 1 is 1.60 bits per heavy atom. The monoisotopic (exact) mass is 136 g/mol. The largest absolute Gasteiger partial charge is 0.515 e. The molecule has 0 atom stereocenters. The summed E-state index contributed by atoms with van der Waals surface area (Å²) in [7, 11) is 0. The van der Waals surface area contributed by atoms with Gasteiger partial charge in [-0.3, -0.25) is 0 Å². The molecule has 1 N–H and O–H groups in total. The second kappa shape index (κ2) is 3.25. The van der Waals surface area contributed by atoms with E-state index in [-0.39, 0.29) is 0 Å². The summed E-state index contributed by atoms with van der Waals surface area (Å²) in [5.41, 5.74) is 2.20. The van der Waals surface area contributed by atoms with E-state index in [1.54, 1.807) is 0 Å². The lowest BCUT2D eigenvalue weighted by Gasteiger charge is -1.99. The van der Waals surface area contributed by atoms with Crippen molar-refractivity contribution in [1.82, 2.24) is 0 Å². The molecule has 0 heterocycles. The topological polar surface area (TPSA) is 20.2 Å². The van der Waals surface area contributed by atoms with Gasteiger partial charge in [-0.25, -0.2) is 0 Å². The second-order valence-electron chi connectivity index (χ2n) is 2.39. The molecule has 0 aromatic rings. The second-order valence-corrected chi connectivity index (χ2v) is 2.39. The van der Waals surface area contributed by atoms with Crippen LogP contribution in [0.25, 0.3) is 0 Å². The van der Waals surface area contributed by atoms with Crippen molar-refractivity contribution in [3.63, 3.8) is 0 Å². The highest BCUT2D eigenvalue weighted by Crippen LogP contribution is 2.21. The maximum atomic E-state index is 8.71. The Balaban J connectivity index is 2.63. The zero-order chi connectivity index (χ0) is 7.40. The smallest absolute Gasteiger partial charge is 0.0866 e. The van der Waals surface area contributed by atoms with Crippen LogP contribution in [0, 0.1) is 0 Å². The number of hydrogen-bond acceptors (Lipinski definition) is 1. The van der Waals surface area contributed by atoms with Crippen molar-refractivity contribution >= 4 is 0 Å². The summed E-state index contributed by atoms with van der Waals surface area (Å²) in [4.78, 5) is 0. The van der Waals surface area contributed by atoms with Gasteiger partial charge in [-0.2, -0.15) is 0 Å². The molecular weight excluding hydrogens is 124 g/mol. The predicted octanol–water partition coefficient (Wildman–Crippen LogP) is 2.72. The minimum Gasteiger partial charge on any atom is -0.515 e. The highest BCUT2D eigenvalue weighted by molar-refractivity contribution is 5.47. The molecule has 1 aliphatic carbocycles. The van der Waals surface area contributed by atoms with Crippen LogP contribution in [0.2, 0.25) is 0 Å². The molecule has 0 aromatic heterocycles. The third kappa shape index (κ3) is 1.29. The van der Waals surface area contributed by atoms with Crippen LogP contribution in [-0.2, 0) is 0 Å². The molecule has 1 nitrogen and oxygen atoms in total. The molecule has 0 saturated carbocycles. The lowest BCUT2D eigenvalue weighted by atomic mass is 10.1. The van der Waals surface area contributed by atoms with Gasteiger partial charge in [-0.1, -0.05) is 31.6 Å². The maximum Gasteiger partial charge on any atom is 0.0866 e. The fraction of sp³-hybridized carbons (Fsp3) is 0.333. The summed E-state index contributed by atoms with van der Waals surface area (Å²) in [6, 6.07) is 0. The van der Waals surface area contributed by atoms with Crippen LogP contribution < -0.4 is 0 Å². The summed E-state index contributed by atoms with van der Waals surface area (Å²) in [6.07, 6.45) is 9.29. The zero-order valence-electron chi connectivity index (χ0n) is 6.17. The highest BCUT2D eigenvalue weighted by Gasteiger charge is 2.03. The van der Waals surface area contributed by atoms with Crippen LogP contribution >= 0.6 is 0 Å². The summed E-state index contributed by atoms with van der Waals surface area (Å²) >= 11 is 0. The van der Waals surface area contributed by atoms with Gasteiger partial charge in [0, 0.05) is 5.57 Å². The Morgan fingerprint density at radius 3 is 3.00 bits per heavy atom. The Labute approximate surface area is 61.4 Å². The first-order chi connectivity index (χ1) is 4.88. The molecule has 0 fully saturated rings. The van der Waals surface area contributed by atoms with Gasteiger partial charge in [0.1, 0.15) is 0 Å². The van der Waals surface area contributed by atoms with Crippen molar-refractivity contribution in [2.45, 2.75) is 19.8 Å². The Bertz CT molecular complexity index is 197. The van der Waals surface area contributed by atoms with Crippen LogP contribution in [0.4, 0.5) is 0 Å². The number of rotatable bonds is 2. The summed E-state index contributed by atoms with van der Waals surface area (Å²) in [5.74, 6) is 0. The highest BCUT2D eigenvalue weighted by atomic mass is 16.2. The molecule has 1 aliphatic rings. The van der Waals surface area contributed by atoms with Crippen molar-refractivity contribution in [2.24, 2.45) is 0 Å². The minimum absolute atomic E-state index is 0.960. The normalized spacial score (nSPS) is 20.1. The van der Waals surface area contributed by atoms with Gasteiger partial charge >= 0.3 is 0 Å². The Hall–Kier alpha value is -0.980. The third-order valence-electron chi connectivity index (χ3n) is 1.60. The molecule has 54 valence electrons. The van der Waals surface area contributed by atoms with Crippen molar-refractivity contribution in [2.75, 3.05) is 0 Å². The standard InChI is InChI=1S/C9H12O/c1-2-4-8-5-3-6-9(8)7-10/h3,5-7,10H,2,4H2,1H3/b9-7+. The van der Waals surface area contributed by atoms with Gasteiger partial charge < -0.3 is 5.11 Å². The van der Waals surface area contributed by atoms with E-state index in [4.69, 9.17) is 5.11 Å². The molecule has 10 heavy (non-hydrogen) atoms. The van der Waals surface area contributed by atoms with E-state index in [9.17, 15) is 0 Å². The van der Waals surface area contributed by atoms with Gasteiger partial charge in [0.2, 0.25) is 0 Å². The van der Waals surface area contributed by atoms with Crippen LogP contribution in [0.1, 0.15) is 19.8 Å². The van der Waals surface area contributed by atoms with Crippen molar-refractivity contribution in [3.05, 3.63) is 35.6 Å². The first-order valence-electron chi connectivity index (χ1n) is 3.60. The van der Waals surface area contributed by atoms with E-state index < -0.39 is 0 Å². The molecule has 1 heteroatoms. The van der Waals surface area contributed by atoms with E-state index in [2.05, 4.69) is 6.92 Å². The van der Waals surface area contributed by atoms with Crippen LogP contribution in [0.15, 0.2) is 35.6 Å². The van der Waals surface area contributed by atoms with Crippen molar-refractivity contribution < 1.29 is 5.11 Å². The molecule has 1 rings (SSSR count). The van der Waals surface area contributed by atoms with Gasteiger partial charge in [-0.05, 0) is 12.0 Å². The molecule has 0 spiro atoms. The Kier molecular flexibility index (Phi) is 2.32. The van der Waals surface area contributed by atoms with Crippen molar-refractivity contribution in [3.8, 4) is 0 Å². The molecule has 0 unspecified atom stereocenters. The van der Waals surface area contributed by atoms with Crippen LogP contribution in [0.3, 0.4) is 0 Å². The first kappa shape index (κ1) is 7.13. The summed E-state index contributed by atoms with van der Waals surface area (Å²) in [5, 5.41) is 8.71. The van der Waals surface area contributed by atoms with E-state index in [1.165, 1.54) is 11.8 Å². The number of hydrogen-bond donors (Lipinski definition) is 1. The molecular formula is C9H12O. The maximum absolute atomic E-state index is 8.71. The lowest BCUT2D eigenvalue weighted by molar-refractivity contribution is 0.469. The van der Waals surface area contributed by atoms with E-state index in [1.807, 2.05) is 18.2 Å². The van der Waals surface area contributed by atoms with Crippen LogP contribution in [0.5, 0.6) is 0 Å². The number of aliphatic hydroxyl groups is 1. The molecule has 0 amide bonds. The third-order valence-corrected chi connectivity index (χ3v) is 1.60.